The molecule has 0 spiro atoms. The van der Waals surface area contributed by atoms with E-state index in [1.165, 1.54) is 12.3 Å². The predicted octanol–water partition coefficient (Wildman–Crippen LogP) is 2.18. The number of carboxylic acid groups (broad SMARTS) is 1. The smallest absolute Gasteiger partial charge is 0.337 e. The second-order valence-electron chi connectivity index (χ2n) is 3.73. The number of anilines is 1. The molecule has 1 aromatic heterocycles. The highest BCUT2D eigenvalue weighted by molar-refractivity contribution is 5.94. The van der Waals surface area contributed by atoms with Crippen LogP contribution in [0.1, 0.15) is 24.2 Å². The molecule has 1 N–H and O–H groups in total. The van der Waals surface area contributed by atoms with Crippen molar-refractivity contribution in [2.45, 2.75) is 19.9 Å². The highest BCUT2D eigenvalue weighted by Crippen LogP contribution is 2.21. The summed E-state index contributed by atoms with van der Waals surface area (Å²) in [6.45, 7) is 8.28. The van der Waals surface area contributed by atoms with E-state index in [2.05, 4.69) is 11.6 Å². The van der Waals surface area contributed by atoms with Crippen LogP contribution in [0.5, 0.6) is 0 Å². The van der Waals surface area contributed by atoms with Crippen LogP contribution >= 0.6 is 0 Å². The van der Waals surface area contributed by atoms with Crippen LogP contribution in [-0.2, 0) is 0 Å². The van der Waals surface area contributed by atoms with E-state index in [1.807, 2.05) is 18.7 Å². The maximum absolute atomic E-state index is 11.1. The molecule has 0 saturated carbocycles. The van der Waals surface area contributed by atoms with E-state index in [-0.39, 0.29) is 11.6 Å². The molecule has 0 saturated heterocycles. The van der Waals surface area contributed by atoms with Crippen molar-refractivity contribution in [2.24, 2.45) is 0 Å². The largest absolute Gasteiger partial charge is 0.478 e. The van der Waals surface area contributed by atoms with Gasteiger partial charge in [0.15, 0.2) is 0 Å². The van der Waals surface area contributed by atoms with E-state index in [0.29, 0.717) is 12.2 Å². The standard InChI is InChI=1S/C12H16N2O2/c1-4-7-14(9(2)3)11-8-13-6-5-10(11)12(15)16/h4-6,8-9H,1,7H2,2-3H3,(H,15,16). The average Bonchev–Trinajstić information content (AvgIpc) is 2.25. The zero-order valence-electron chi connectivity index (χ0n) is 9.55. The molecule has 1 rings (SSSR count). The number of aromatic nitrogens is 1. The molecule has 0 aliphatic carbocycles. The van der Waals surface area contributed by atoms with Crippen LogP contribution in [0.4, 0.5) is 5.69 Å². The molecule has 1 aromatic rings. The summed E-state index contributed by atoms with van der Waals surface area (Å²) >= 11 is 0. The summed E-state index contributed by atoms with van der Waals surface area (Å²) in [6, 6.07) is 1.70. The number of rotatable bonds is 5. The summed E-state index contributed by atoms with van der Waals surface area (Å²) in [5.41, 5.74) is 0.899. The molecule has 0 aromatic carbocycles. The van der Waals surface area contributed by atoms with Crippen LogP contribution in [0.15, 0.2) is 31.1 Å². The first kappa shape index (κ1) is 12.2. The molecule has 0 atom stereocenters. The minimum Gasteiger partial charge on any atom is -0.478 e. The van der Waals surface area contributed by atoms with Crippen molar-refractivity contribution >= 4 is 11.7 Å². The summed E-state index contributed by atoms with van der Waals surface area (Å²) in [6.07, 6.45) is 4.81. The van der Waals surface area contributed by atoms with Crippen molar-refractivity contribution < 1.29 is 9.90 Å². The molecule has 86 valence electrons. The Bertz CT molecular complexity index is 388. The maximum Gasteiger partial charge on any atom is 0.337 e. The van der Waals surface area contributed by atoms with E-state index in [4.69, 9.17) is 5.11 Å². The number of nitrogens with zero attached hydrogens (tertiary/aromatic N) is 2. The summed E-state index contributed by atoms with van der Waals surface area (Å²) in [5, 5.41) is 9.08. The number of carbonyl (C=O) groups is 1. The number of hydrogen-bond donors (Lipinski definition) is 1. The third-order valence-electron chi connectivity index (χ3n) is 2.29. The molecule has 0 unspecified atom stereocenters. The molecule has 0 radical (unpaired) electrons. The fourth-order valence-electron chi connectivity index (χ4n) is 1.52. The number of carboxylic acids is 1. The number of aromatic carboxylic acids is 1. The van der Waals surface area contributed by atoms with Gasteiger partial charge in [-0.1, -0.05) is 6.08 Å². The maximum atomic E-state index is 11.1. The first-order chi connectivity index (χ1) is 7.57. The Morgan fingerprint density at radius 2 is 2.38 bits per heavy atom. The molecule has 0 fully saturated rings. The fourth-order valence-corrected chi connectivity index (χ4v) is 1.52. The summed E-state index contributed by atoms with van der Waals surface area (Å²) in [4.78, 5) is 17.0. The van der Waals surface area contributed by atoms with Crippen LogP contribution in [0.3, 0.4) is 0 Å². The topological polar surface area (TPSA) is 53.4 Å². The molecular weight excluding hydrogens is 204 g/mol. The molecule has 1 heterocycles. The summed E-state index contributed by atoms with van der Waals surface area (Å²) in [7, 11) is 0. The Balaban J connectivity index is 3.17. The highest BCUT2D eigenvalue weighted by atomic mass is 16.4. The van der Waals surface area contributed by atoms with Crippen molar-refractivity contribution in [3.05, 3.63) is 36.7 Å². The Labute approximate surface area is 95.2 Å². The van der Waals surface area contributed by atoms with Gasteiger partial charge >= 0.3 is 5.97 Å². The van der Waals surface area contributed by atoms with Gasteiger partial charge in [-0.2, -0.15) is 0 Å². The lowest BCUT2D eigenvalue weighted by molar-refractivity contribution is 0.0697. The molecule has 0 aliphatic heterocycles. The minimum atomic E-state index is -0.938. The normalized spacial score (nSPS) is 10.2. The second-order valence-corrected chi connectivity index (χ2v) is 3.73. The van der Waals surface area contributed by atoms with Crippen LogP contribution < -0.4 is 4.90 Å². The summed E-state index contributed by atoms with van der Waals surface area (Å²) in [5.74, 6) is -0.938. The highest BCUT2D eigenvalue weighted by Gasteiger charge is 2.17. The van der Waals surface area contributed by atoms with Crippen LogP contribution in [0.2, 0.25) is 0 Å². The molecule has 16 heavy (non-hydrogen) atoms. The van der Waals surface area contributed by atoms with Gasteiger partial charge in [0.05, 0.1) is 17.4 Å². The quantitative estimate of drug-likeness (QED) is 0.773. The Kier molecular flexibility index (Phi) is 4.05. The van der Waals surface area contributed by atoms with Gasteiger partial charge in [-0.25, -0.2) is 4.79 Å². The predicted molar refractivity (Wildman–Crippen MR) is 63.9 cm³/mol. The third-order valence-corrected chi connectivity index (χ3v) is 2.29. The zero-order valence-corrected chi connectivity index (χ0v) is 9.55. The van der Waals surface area contributed by atoms with Crippen LogP contribution in [-0.4, -0.2) is 28.6 Å². The van der Waals surface area contributed by atoms with Gasteiger partial charge < -0.3 is 10.0 Å². The Hall–Kier alpha value is -1.84. The van der Waals surface area contributed by atoms with Gasteiger partial charge in [-0.3, -0.25) is 4.98 Å². The molecule has 0 amide bonds. The molecule has 4 nitrogen and oxygen atoms in total. The number of pyridine rings is 1. The number of hydrogen-bond acceptors (Lipinski definition) is 3. The minimum absolute atomic E-state index is 0.195. The van der Waals surface area contributed by atoms with Gasteiger partial charge in [0, 0.05) is 18.8 Å². The Morgan fingerprint density at radius 3 is 2.88 bits per heavy atom. The molecule has 0 aliphatic rings. The van der Waals surface area contributed by atoms with Gasteiger partial charge in [0.1, 0.15) is 0 Å². The van der Waals surface area contributed by atoms with Gasteiger partial charge in [0.2, 0.25) is 0 Å². The third kappa shape index (κ3) is 2.59. The van der Waals surface area contributed by atoms with E-state index >= 15 is 0 Å². The zero-order chi connectivity index (χ0) is 12.1. The van der Waals surface area contributed by atoms with Crippen molar-refractivity contribution in [3.8, 4) is 0 Å². The van der Waals surface area contributed by atoms with E-state index < -0.39 is 5.97 Å². The lowest BCUT2D eigenvalue weighted by atomic mass is 10.2. The summed E-state index contributed by atoms with van der Waals surface area (Å²) < 4.78 is 0. The van der Waals surface area contributed by atoms with Crippen molar-refractivity contribution in [1.82, 2.24) is 4.98 Å². The van der Waals surface area contributed by atoms with Gasteiger partial charge in [-0.15, -0.1) is 6.58 Å². The lowest BCUT2D eigenvalue weighted by Crippen LogP contribution is -2.32. The van der Waals surface area contributed by atoms with E-state index in [9.17, 15) is 4.79 Å². The first-order valence-corrected chi connectivity index (χ1v) is 5.12. The molecular formula is C12H16N2O2. The van der Waals surface area contributed by atoms with E-state index in [1.54, 1.807) is 12.3 Å². The van der Waals surface area contributed by atoms with E-state index in [0.717, 1.165) is 0 Å². The monoisotopic (exact) mass is 220 g/mol. The van der Waals surface area contributed by atoms with Crippen LogP contribution in [0, 0.1) is 0 Å². The van der Waals surface area contributed by atoms with Gasteiger partial charge in [-0.05, 0) is 19.9 Å². The lowest BCUT2D eigenvalue weighted by Gasteiger charge is -2.28. The Morgan fingerprint density at radius 1 is 1.69 bits per heavy atom. The van der Waals surface area contributed by atoms with Crippen molar-refractivity contribution in [2.75, 3.05) is 11.4 Å². The SMILES string of the molecule is C=CCN(c1cnccc1C(=O)O)C(C)C. The van der Waals surface area contributed by atoms with Crippen molar-refractivity contribution in [1.29, 1.82) is 0 Å². The fraction of sp³-hybridized carbons (Fsp3) is 0.333. The molecule has 0 bridgehead atoms. The van der Waals surface area contributed by atoms with Crippen molar-refractivity contribution in [3.63, 3.8) is 0 Å². The molecule has 4 heteroatoms. The first-order valence-electron chi connectivity index (χ1n) is 5.12. The van der Waals surface area contributed by atoms with Gasteiger partial charge in [0.25, 0.3) is 0 Å². The second kappa shape index (κ2) is 5.30. The average molecular weight is 220 g/mol. The van der Waals surface area contributed by atoms with Crippen LogP contribution in [0.25, 0.3) is 0 Å².